The van der Waals surface area contributed by atoms with E-state index in [-0.39, 0.29) is 16.9 Å². The van der Waals surface area contributed by atoms with Gasteiger partial charge in [0.2, 0.25) is 5.95 Å². The van der Waals surface area contributed by atoms with E-state index in [1.807, 2.05) is 29.7 Å². The van der Waals surface area contributed by atoms with Crippen LogP contribution in [-0.2, 0) is 4.74 Å². The number of aromatic nitrogens is 3. The Morgan fingerprint density at radius 2 is 1.90 bits per heavy atom. The number of anilines is 1. The first-order chi connectivity index (χ1) is 14.5. The number of hydrogen-bond acceptors (Lipinski definition) is 6. The van der Waals surface area contributed by atoms with Gasteiger partial charge in [-0.1, -0.05) is 45.9 Å². The lowest BCUT2D eigenvalue weighted by Gasteiger charge is -2.28. The maximum absolute atomic E-state index is 14.0. The Kier molecular flexibility index (Phi) is 6.50. The number of morpholine rings is 1. The van der Waals surface area contributed by atoms with Crippen LogP contribution in [0, 0.1) is 5.82 Å². The van der Waals surface area contributed by atoms with Gasteiger partial charge in [0.25, 0.3) is 0 Å². The summed E-state index contributed by atoms with van der Waals surface area (Å²) in [4.78, 5) is 15.0. The first-order valence-corrected chi connectivity index (χ1v) is 11.2. The van der Waals surface area contributed by atoms with Crippen molar-refractivity contribution in [1.82, 2.24) is 14.8 Å². The highest BCUT2D eigenvalue weighted by atomic mass is 79.9. The molecule has 156 valence electrons. The summed E-state index contributed by atoms with van der Waals surface area (Å²) in [6, 6.07) is 13.6. The van der Waals surface area contributed by atoms with Gasteiger partial charge >= 0.3 is 0 Å². The molecule has 0 radical (unpaired) electrons. The average Bonchev–Trinajstić information content (AvgIpc) is 3.18. The van der Waals surface area contributed by atoms with Gasteiger partial charge in [0.1, 0.15) is 5.82 Å². The first kappa shape index (κ1) is 21.0. The van der Waals surface area contributed by atoms with Crippen molar-refractivity contribution >= 4 is 39.4 Å². The Bertz CT molecular complexity index is 1040. The van der Waals surface area contributed by atoms with Crippen LogP contribution >= 0.6 is 27.7 Å². The molecular formula is C21H20BrFN4O2S. The molecule has 2 heterocycles. The van der Waals surface area contributed by atoms with Gasteiger partial charge in [-0.15, -0.1) is 10.2 Å². The van der Waals surface area contributed by atoms with E-state index in [2.05, 4.69) is 31.0 Å². The summed E-state index contributed by atoms with van der Waals surface area (Å²) in [5.74, 6) is 0.271. The van der Waals surface area contributed by atoms with Crippen molar-refractivity contribution in [1.29, 1.82) is 0 Å². The van der Waals surface area contributed by atoms with Gasteiger partial charge in [0.05, 0.1) is 24.2 Å². The van der Waals surface area contributed by atoms with Crippen molar-refractivity contribution in [2.24, 2.45) is 0 Å². The fraction of sp³-hybridized carbons (Fsp3) is 0.286. The second-order valence-corrected chi connectivity index (χ2v) is 9.05. The highest BCUT2D eigenvalue weighted by Gasteiger charge is 2.25. The fourth-order valence-electron chi connectivity index (χ4n) is 3.21. The van der Waals surface area contributed by atoms with Crippen LogP contribution in [0.3, 0.4) is 0 Å². The minimum absolute atomic E-state index is 0.00536. The second-order valence-electron chi connectivity index (χ2n) is 6.83. The first-order valence-electron chi connectivity index (χ1n) is 9.53. The maximum Gasteiger partial charge on any atom is 0.232 e. The van der Waals surface area contributed by atoms with Gasteiger partial charge in [0, 0.05) is 23.1 Å². The molecule has 4 rings (SSSR count). The zero-order chi connectivity index (χ0) is 21.1. The van der Waals surface area contributed by atoms with E-state index in [0.717, 1.165) is 4.47 Å². The Morgan fingerprint density at radius 1 is 1.17 bits per heavy atom. The minimum Gasteiger partial charge on any atom is -0.378 e. The van der Waals surface area contributed by atoms with Gasteiger partial charge in [-0.05, 0) is 37.3 Å². The Hall–Kier alpha value is -2.23. The molecule has 0 N–H and O–H groups in total. The third kappa shape index (κ3) is 4.58. The molecule has 0 saturated carbocycles. The number of benzene rings is 2. The zero-order valence-electron chi connectivity index (χ0n) is 16.3. The number of thioether (sulfide) groups is 1. The summed E-state index contributed by atoms with van der Waals surface area (Å²) in [6.07, 6.45) is 0. The van der Waals surface area contributed by atoms with Gasteiger partial charge in [-0.25, -0.2) is 4.39 Å². The molecule has 2 aromatic carbocycles. The number of Topliss-reactive ketones (excluding diaryl/α,β-unsaturated/α-hetero) is 1. The smallest absolute Gasteiger partial charge is 0.232 e. The number of carbonyl (C=O) groups excluding carboxylic acids is 1. The number of ketones is 1. The molecule has 0 bridgehead atoms. The third-order valence-corrected chi connectivity index (χ3v) is 6.33. The zero-order valence-corrected chi connectivity index (χ0v) is 18.7. The van der Waals surface area contributed by atoms with Crippen molar-refractivity contribution in [3.05, 3.63) is 64.4 Å². The van der Waals surface area contributed by atoms with Gasteiger partial charge in [-0.3, -0.25) is 9.36 Å². The summed E-state index contributed by atoms with van der Waals surface area (Å²) in [6.45, 7) is 4.37. The lowest BCUT2D eigenvalue weighted by Crippen LogP contribution is -2.37. The number of rotatable bonds is 6. The number of ether oxygens (including phenoxy) is 1. The topological polar surface area (TPSA) is 60.2 Å². The van der Waals surface area contributed by atoms with Gasteiger partial charge < -0.3 is 9.64 Å². The van der Waals surface area contributed by atoms with Crippen LogP contribution in [0.25, 0.3) is 5.69 Å². The molecule has 1 saturated heterocycles. The van der Waals surface area contributed by atoms with Crippen molar-refractivity contribution in [3.8, 4) is 5.69 Å². The van der Waals surface area contributed by atoms with Crippen molar-refractivity contribution in [3.63, 3.8) is 0 Å². The van der Waals surface area contributed by atoms with E-state index in [1.54, 1.807) is 18.2 Å². The number of nitrogens with zero attached hydrogens (tertiary/aromatic N) is 4. The Labute approximate surface area is 186 Å². The Morgan fingerprint density at radius 3 is 2.60 bits per heavy atom. The maximum atomic E-state index is 14.0. The van der Waals surface area contributed by atoms with Crippen LogP contribution in [0.5, 0.6) is 0 Å². The van der Waals surface area contributed by atoms with E-state index in [4.69, 9.17) is 4.74 Å². The SMILES string of the molecule is C[C@H](Sc1nnc(N2CCOCC2)n1-c1cccc(F)c1)C(=O)c1ccc(Br)cc1. The van der Waals surface area contributed by atoms with Crippen molar-refractivity contribution in [2.75, 3.05) is 31.2 Å². The van der Waals surface area contributed by atoms with Gasteiger partial charge in [0.15, 0.2) is 10.9 Å². The Balaban J connectivity index is 1.66. The highest BCUT2D eigenvalue weighted by molar-refractivity contribution is 9.10. The van der Waals surface area contributed by atoms with E-state index in [0.29, 0.717) is 48.7 Å². The average molecular weight is 491 g/mol. The monoisotopic (exact) mass is 490 g/mol. The molecule has 1 aliphatic rings. The van der Waals surface area contributed by atoms with Crippen LogP contribution in [0.2, 0.25) is 0 Å². The van der Waals surface area contributed by atoms with Gasteiger partial charge in [-0.2, -0.15) is 0 Å². The van der Waals surface area contributed by atoms with Crippen LogP contribution < -0.4 is 4.90 Å². The number of halogens is 2. The summed E-state index contributed by atoms with van der Waals surface area (Å²) in [5, 5.41) is 8.86. The normalized spacial score (nSPS) is 15.2. The molecule has 0 aliphatic carbocycles. The lowest BCUT2D eigenvalue weighted by atomic mass is 10.1. The third-order valence-electron chi connectivity index (χ3n) is 4.76. The quantitative estimate of drug-likeness (QED) is 0.377. The standard InChI is InChI=1S/C21H20BrFN4O2S/c1-14(19(28)15-5-7-16(22)8-6-15)30-21-25-24-20(26-9-11-29-12-10-26)27(21)18-4-2-3-17(23)13-18/h2-8,13-14H,9-12H2,1H3/t14-/m0/s1. The van der Waals surface area contributed by atoms with E-state index in [9.17, 15) is 9.18 Å². The summed E-state index contributed by atoms with van der Waals surface area (Å²) in [5.41, 5.74) is 1.25. The summed E-state index contributed by atoms with van der Waals surface area (Å²) >= 11 is 4.70. The van der Waals surface area contributed by atoms with E-state index >= 15 is 0 Å². The predicted molar refractivity (Wildman–Crippen MR) is 118 cm³/mol. The van der Waals surface area contributed by atoms with Crippen LogP contribution in [0.15, 0.2) is 58.2 Å². The molecular weight excluding hydrogens is 471 g/mol. The molecule has 0 amide bonds. The molecule has 1 aliphatic heterocycles. The molecule has 9 heteroatoms. The number of carbonyl (C=O) groups is 1. The number of hydrogen-bond donors (Lipinski definition) is 0. The predicted octanol–water partition coefficient (Wildman–Crippen LogP) is 4.37. The largest absolute Gasteiger partial charge is 0.378 e. The van der Waals surface area contributed by atoms with Crippen LogP contribution in [0.4, 0.5) is 10.3 Å². The van der Waals surface area contributed by atoms with Crippen molar-refractivity contribution < 1.29 is 13.9 Å². The molecule has 1 aromatic heterocycles. The van der Waals surface area contributed by atoms with E-state index in [1.165, 1.54) is 23.9 Å². The molecule has 0 spiro atoms. The van der Waals surface area contributed by atoms with Crippen molar-refractivity contribution in [2.45, 2.75) is 17.3 Å². The molecule has 0 unspecified atom stereocenters. The van der Waals surface area contributed by atoms with E-state index < -0.39 is 0 Å². The second kappa shape index (κ2) is 9.28. The van der Waals surface area contributed by atoms with Crippen LogP contribution in [-0.4, -0.2) is 52.1 Å². The fourth-order valence-corrected chi connectivity index (χ4v) is 4.41. The summed E-state index contributed by atoms with van der Waals surface area (Å²) in [7, 11) is 0. The molecule has 6 nitrogen and oxygen atoms in total. The minimum atomic E-state index is -0.389. The molecule has 1 fully saturated rings. The highest BCUT2D eigenvalue weighted by Crippen LogP contribution is 2.31. The molecule has 3 aromatic rings. The summed E-state index contributed by atoms with van der Waals surface area (Å²) < 4.78 is 22.1. The molecule has 1 atom stereocenters. The van der Waals surface area contributed by atoms with Crippen LogP contribution in [0.1, 0.15) is 17.3 Å². The lowest BCUT2D eigenvalue weighted by molar-refractivity contribution is 0.0994. The molecule has 30 heavy (non-hydrogen) atoms.